The lowest BCUT2D eigenvalue weighted by atomic mass is 9.90. The molecule has 1 fully saturated rings. The molecule has 360 valence electrons. The third-order valence-electron chi connectivity index (χ3n) is 10.3. The molecule has 1 saturated heterocycles. The van der Waals surface area contributed by atoms with E-state index in [1.165, 1.54) is 31.3 Å². The number of hydrogen-bond acceptors (Lipinski definition) is 14. The van der Waals surface area contributed by atoms with Crippen molar-refractivity contribution >= 4 is 65.4 Å². The van der Waals surface area contributed by atoms with Gasteiger partial charge >= 0.3 is 0 Å². The van der Waals surface area contributed by atoms with E-state index in [2.05, 4.69) is 42.5 Å². The SMILES string of the molecule is CCC(C)C1NCC(C=O)(Cc2ccc(O)cc2)NC(=O)CNC(=O)CCC(C(=O)N(C)CC(=O)NC(CC(C)C)C(=O)NCC(N)=O)NC(=O)C(CC(N)=O)NC(=O)C(CO)NC1=O. The normalized spacial score (nSPS) is 22.6. The minimum atomic E-state index is -1.80. The Balaban J connectivity index is 2.55. The average Bonchev–Trinajstić information content (AvgIpc) is 3.24. The van der Waals surface area contributed by atoms with Gasteiger partial charge < -0.3 is 73.9 Å². The number of likely N-dealkylation sites (N-methyl/N-ethyl adjacent to an activating group) is 1. The van der Waals surface area contributed by atoms with Crippen LogP contribution in [0.4, 0.5) is 0 Å². The number of benzene rings is 1. The Morgan fingerprint density at radius 2 is 1.55 bits per heavy atom. The molecule has 1 aromatic carbocycles. The van der Waals surface area contributed by atoms with Gasteiger partial charge in [-0.1, -0.05) is 46.2 Å². The molecule has 1 aliphatic rings. The number of nitrogens with zero attached hydrogens (tertiary/aromatic N) is 1. The second kappa shape index (κ2) is 26.2. The molecule has 7 unspecified atom stereocenters. The number of aliphatic hydroxyl groups is 1. The van der Waals surface area contributed by atoms with Crippen molar-refractivity contribution in [1.29, 1.82) is 0 Å². The van der Waals surface area contributed by atoms with E-state index in [0.29, 0.717) is 18.3 Å². The Labute approximate surface area is 375 Å². The van der Waals surface area contributed by atoms with Crippen LogP contribution in [0, 0.1) is 11.8 Å². The standard InChI is InChI=1S/C41H63N11O13/c1-6-23(4)35-39(64)50-29(19-53)38(63)49-28(14-30(42)56)37(62)48-26(40(65)52(5)18-34(60)47-27(13-22(2)3)36(61)45-16-31(43)57)11-12-32(58)44-17-33(59)51-41(21-54,20-46-35)15-24-7-9-25(55)10-8-24/h7-10,21-23,26-29,35,46,53,55H,6,11-20H2,1-5H3,(H2,42,56)(H2,43,57)(H,44,58)(H,45,61)(H,47,60)(H,48,62)(H,49,63)(H,50,64)(H,51,59). The zero-order valence-electron chi connectivity index (χ0n) is 37.2. The van der Waals surface area contributed by atoms with Crippen LogP contribution in [0.15, 0.2) is 24.3 Å². The molecule has 0 bridgehead atoms. The van der Waals surface area contributed by atoms with Crippen molar-refractivity contribution in [3.63, 3.8) is 0 Å². The van der Waals surface area contributed by atoms with Crippen molar-refractivity contribution in [1.82, 2.24) is 47.4 Å². The van der Waals surface area contributed by atoms with Crippen LogP contribution >= 0.6 is 0 Å². The van der Waals surface area contributed by atoms with Gasteiger partial charge in [-0.3, -0.25) is 47.9 Å². The van der Waals surface area contributed by atoms with Crippen LogP contribution in [-0.2, 0) is 59.2 Å². The topological polar surface area (TPSA) is 380 Å². The number of amides is 10. The highest BCUT2D eigenvalue weighted by molar-refractivity contribution is 5.98. The van der Waals surface area contributed by atoms with Crippen molar-refractivity contribution in [3.05, 3.63) is 29.8 Å². The fraction of sp³-hybridized carbons (Fsp3) is 0.585. The highest BCUT2D eigenvalue weighted by atomic mass is 16.3. The second-order valence-corrected chi connectivity index (χ2v) is 16.4. The van der Waals surface area contributed by atoms with Crippen LogP contribution in [0.3, 0.4) is 0 Å². The molecule has 0 saturated carbocycles. The Bertz CT molecular complexity index is 1900. The molecule has 24 heteroatoms. The van der Waals surface area contributed by atoms with E-state index in [0.717, 1.165) is 4.90 Å². The molecule has 1 heterocycles. The fourth-order valence-corrected chi connectivity index (χ4v) is 6.65. The Morgan fingerprint density at radius 3 is 2.12 bits per heavy atom. The van der Waals surface area contributed by atoms with Gasteiger partial charge in [0.25, 0.3) is 0 Å². The van der Waals surface area contributed by atoms with E-state index < -0.39 is 146 Å². The van der Waals surface area contributed by atoms with E-state index in [9.17, 15) is 63.0 Å². The summed E-state index contributed by atoms with van der Waals surface area (Å²) >= 11 is 0. The number of aldehydes is 1. The first-order valence-corrected chi connectivity index (χ1v) is 21.0. The Hall–Kier alpha value is -6.69. The molecule has 24 nitrogen and oxygen atoms in total. The highest BCUT2D eigenvalue weighted by Crippen LogP contribution is 2.18. The maximum absolute atomic E-state index is 13.9. The average molecular weight is 918 g/mol. The highest BCUT2D eigenvalue weighted by Gasteiger charge is 2.37. The quantitative estimate of drug-likeness (QED) is 0.0651. The molecule has 0 spiro atoms. The number of carbonyl (C=O) groups is 11. The van der Waals surface area contributed by atoms with E-state index in [1.54, 1.807) is 27.7 Å². The van der Waals surface area contributed by atoms with Gasteiger partial charge in [-0.05, 0) is 42.4 Å². The summed E-state index contributed by atoms with van der Waals surface area (Å²) < 4.78 is 0. The largest absolute Gasteiger partial charge is 0.508 e. The molecular weight excluding hydrogens is 855 g/mol. The number of nitrogens with two attached hydrogens (primary N) is 2. The van der Waals surface area contributed by atoms with Crippen molar-refractivity contribution < 1.29 is 63.0 Å². The Kier molecular flexibility index (Phi) is 21.9. The van der Waals surface area contributed by atoms with E-state index in [1.807, 2.05) is 0 Å². The number of phenols is 1. The number of carbonyl (C=O) groups excluding carboxylic acids is 11. The number of aromatic hydroxyl groups is 1. The lowest BCUT2D eigenvalue weighted by Gasteiger charge is -2.34. The molecule has 65 heavy (non-hydrogen) atoms. The van der Waals surface area contributed by atoms with Gasteiger partial charge in [0, 0.05) is 26.4 Å². The first-order valence-electron chi connectivity index (χ1n) is 21.0. The monoisotopic (exact) mass is 917 g/mol. The van der Waals surface area contributed by atoms with Crippen LogP contribution < -0.4 is 54.0 Å². The summed E-state index contributed by atoms with van der Waals surface area (Å²) in [6.45, 7) is 3.76. The predicted octanol–water partition coefficient (Wildman–Crippen LogP) is -5.18. The summed E-state index contributed by atoms with van der Waals surface area (Å²) in [4.78, 5) is 145. The molecule has 1 aromatic rings. The molecule has 7 atom stereocenters. The van der Waals surface area contributed by atoms with Crippen LogP contribution in [-0.4, -0.2) is 156 Å². The molecular formula is C41H63N11O13. The maximum atomic E-state index is 13.9. The smallest absolute Gasteiger partial charge is 0.245 e. The first kappa shape index (κ1) is 54.4. The summed E-state index contributed by atoms with van der Waals surface area (Å²) in [5, 5.41) is 39.9. The summed E-state index contributed by atoms with van der Waals surface area (Å²) in [5.41, 5.74) is 9.24. The third-order valence-corrected chi connectivity index (χ3v) is 10.3. The van der Waals surface area contributed by atoms with Gasteiger partial charge in [-0.25, -0.2) is 0 Å². The minimum Gasteiger partial charge on any atom is -0.508 e. The maximum Gasteiger partial charge on any atom is 0.245 e. The van der Waals surface area contributed by atoms with Crippen LogP contribution in [0.2, 0.25) is 0 Å². The number of hydrogen-bond donors (Lipinski definition) is 12. The second-order valence-electron chi connectivity index (χ2n) is 16.4. The number of primary amides is 2. The van der Waals surface area contributed by atoms with Crippen LogP contribution in [0.1, 0.15) is 65.4 Å². The van der Waals surface area contributed by atoms with E-state index in [4.69, 9.17) is 11.5 Å². The number of aliphatic hydroxyl groups excluding tert-OH is 1. The van der Waals surface area contributed by atoms with Gasteiger partial charge in [0.2, 0.25) is 59.1 Å². The summed E-state index contributed by atoms with van der Waals surface area (Å²) in [6.07, 6.45) is -1.03. The molecule has 2 rings (SSSR count). The molecule has 10 amide bonds. The molecule has 0 aromatic heterocycles. The van der Waals surface area contributed by atoms with Crippen molar-refractivity contribution in [2.75, 3.05) is 39.8 Å². The van der Waals surface area contributed by atoms with Crippen LogP contribution in [0.5, 0.6) is 5.75 Å². The minimum absolute atomic E-state index is 0.0663. The van der Waals surface area contributed by atoms with Crippen molar-refractivity contribution in [2.24, 2.45) is 23.3 Å². The van der Waals surface area contributed by atoms with Gasteiger partial charge in [-0.2, -0.15) is 0 Å². The van der Waals surface area contributed by atoms with E-state index in [-0.39, 0.29) is 31.1 Å². The number of nitrogens with one attached hydrogen (secondary N) is 8. The van der Waals surface area contributed by atoms with Gasteiger partial charge in [-0.15, -0.1) is 0 Å². The number of phenolic OH excluding ortho intramolecular Hbond substituents is 1. The van der Waals surface area contributed by atoms with Crippen LogP contribution in [0.25, 0.3) is 0 Å². The molecule has 14 N–H and O–H groups in total. The predicted molar refractivity (Wildman–Crippen MR) is 230 cm³/mol. The third kappa shape index (κ3) is 18.5. The Morgan fingerprint density at radius 1 is 0.923 bits per heavy atom. The molecule has 1 aliphatic heterocycles. The molecule has 0 radical (unpaired) electrons. The lowest BCUT2D eigenvalue weighted by molar-refractivity contribution is -0.140. The lowest BCUT2D eigenvalue weighted by Crippen LogP contribution is -2.63. The zero-order chi connectivity index (χ0) is 49.0. The van der Waals surface area contributed by atoms with E-state index >= 15 is 0 Å². The summed E-state index contributed by atoms with van der Waals surface area (Å²) in [5.74, 6) is -9.86. The fourth-order valence-electron chi connectivity index (χ4n) is 6.65. The van der Waals surface area contributed by atoms with Gasteiger partial charge in [0.15, 0.2) is 0 Å². The first-order chi connectivity index (χ1) is 30.5. The van der Waals surface area contributed by atoms with Crippen molar-refractivity contribution in [2.45, 2.75) is 102 Å². The van der Waals surface area contributed by atoms with Gasteiger partial charge in [0.1, 0.15) is 41.7 Å². The summed E-state index contributed by atoms with van der Waals surface area (Å²) in [6, 6.07) is -1.70. The van der Waals surface area contributed by atoms with Gasteiger partial charge in [0.05, 0.1) is 38.7 Å². The van der Waals surface area contributed by atoms with Crippen molar-refractivity contribution in [3.8, 4) is 5.75 Å². The summed E-state index contributed by atoms with van der Waals surface area (Å²) in [7, 11) is 1.18. The number of rotatable bonds is 17. The zero-order valence-corrected chi connectivity index (χ0v) is 37.2. The molecule has 0 aliphatic carbocycles.